The molecule has 4 heteroatoms. The van der Waals surface area contributed by atoms with Crippen LogP contribution in [0.4, 0.5) is 0 Å². The topological polar surface area (TPSA) is 54.4 Å². The fourth-order valence-electron chi connectivity index (χ4n) is 1.10. The largest absolute Gasteiger partial charge is 0.392 e. The summed E-state index contributed by atoms with van der Waals surface area (Å²) in [4.78, 5) is 0.271. The van der Waals surface area contributed by atoms with Crippen LogP contribution in [0.1, 0.15) is 13.3 Å². The fourth-order valence-corrected chi connectivity index (χ4v) is 2.60. The molecular formula is C10H14O3S. The first kappa shape index (κ1) is 11.2. The second kappa shape index (κ2) is 4.57. The smallest absolute Gasteiger partial charge is 0.180 e. The molecule has 1 rings (SSSR count). The van der Waals surface area contributed by atoms with Crippen molar-refractivity contribution in [3.63, 3.8) is 0 Å². The lowest BCUT2D eigenvalue weighted by molar-refractivity contribution is 0.193. The summed E-state index contributed by atoms with van der Waals surface area (Å²) in [7, 11) is -3.32. The van der Waals surface area contributed by atoms with Gasteiger partial charge in [-0.25, -0.2) is 8.42 Å². The summed E-state index contributed by atoms with van der Waals surface area (Å²) in [5.41, 5.74) is 0. The third kappa shape index (κ3) is 2.82. The summed E-state index contributed by atoms with van der Waals surface area (Å²) in [5, 5.41) is 9.28. The van der Waals surface area contributed by atoms with Crippen molar-refractivity contribution in [2.24, 2.45) is 0 Å². The van der Waals surface area contributed by atoms with E-state index in [1.54, 1.807) is 25.1 Å². The molecule has 78 valence electrons. The molecule has 0 aliphatic rings. The first-order valence-corrected chi connectivity index (χ1v) is 6.17. The lowest BCUT2D eigenvalue weighted by atomic mass is 10.3. The van der Waals surface area contributed by atoms with Crippen LogP contribution in [-0.2, 0) is 9.84 Å². The molecule has 0 amide bonds. The van der Waals surface area contributed by atoms with Crippen molar-refractivity contribution in [3.05, 3.63) is 30.3 Å². The Bertz CT molecular complexity index is 370. The van der Waals surface area contributed by atoms with Gasteiger partial charge in [-0.3, -0.25) is 0 Å². The minimum absolute atomic E-state index is 0.201. The average Bonchev–Trinajstić information content (AvgIpc) is 2.18. The van der Waals surface area contributed by atoms with Gasteiger partial charge in [-0.05, 0) is 18.6 Å². The van der Waals surface area contributed by atoms with Crippen molar-refractivity contribution < 1.29 is 13.5 Å². The molecule has 0 heterocycles. The first-order chi connectivity index (χ1) is 6.56. The van der Waals surface area contributed by atoms with Gasteiger partial charge in [-0.15, -0.1) is 0 Å². The van der Waals surface area contributed by atoms with E-state index in [0.717, 1.165) is 0 Å². The Kier molecular flexibility index (Phi) is 3.66. The van der Waals surface area contributed by atoms with E-state index < -0.39 is 15.9 Å². The van der Waals surface area contributed by atoms with E-state index in [2.05, 4.69) is 0 Å². The van der Waals surface area contributed by atoms with E-state index in [1.807, 2.05) is 0 Å². The third-order valence-corrected chi connectivity index (χ3v) is 3.80. The molecule has 1 aromatic rings. The number of hydrogen-bond acceptors (Lipinski definition) is 3. The van der Waals surface area contributed by atoms with Gasteiger partial charge in [0.2, 0.25) is 0 Å². The predicted octanol–water partition coefficient (Wildman–Crippen LogP) is 1.23. The molecule has 1 aromatic carbocycles. The monoisotopic (exact) mass is 214 g/mol. The van der Waals surface area contributed by atoms with Crippen molar-refractivity contribution in [1.29, 1.82) is 0 Å². The molecule has 0 saturated carbocycles. The van der Waals surface area contributed by atoms with Crippen LogP contribution in [0.2, 0.25) is 0 Å². The van der Waals surface area contributed by atoms with Crippen molar-refractivity contribution in [2.75, 3.05) is 5.75 Å². The van der Waals surface area contributed by atoms with Gasteiger partial charge in [-0.1, -0.05) is 25.1 Å². The molecule has 3 nitrogen and oxygen atoms in total. The minimum atomic E-state index is -3.32. The van der Waals surface area contributed by atoms with Crippen molar-refractivity contribution >= 4 is 9.84 Å². The zero-order valence-electron chi connectivity index (χ0n) is 8.05. The molecule has 0 aliphatic carbocycles. The Morgan fingerprint density at radius 1 is 1.29 bits per heavy atom. The van der Waals surface area contributed by atoms with Crippen LogP contribution in [0.5, 0.6) is 0 Å². The number of sulfone groups is 1. The second-order valence-corrected chi connectivity index (χ2v) is 5.19. The molecule has 1 atom stereocenters. The van der Waals surface area contributed by atoms with Crippen LogP contribution >= 0.6 is 0 Å². The van der Waals surface area contributed by atoms with Gasteiger partial charge in [0.15, 0.2) is 9.84 Å². The normalized spacial score (nSPS) is 13.9. The standard InChI is InChI=1S/C10H14O3S/c1-2-9(11)8-14(12,13)10-6-4-3-5-7-10/h3-7,9,11H,2,8H2,1H3. The fraction of sp³-hybridized carbons (Fsp3) is 0.400. The number of benzene rings is 1. The van der Waals surface area contributed by atoms with Crippen LogP contribution < -0.4 is 0 Å². The van der Waals surface area contributed by atoms with Gasteiger partial charge in [0, 0.05) is 0 Å². The summed E-state index contributed by atoms with van der Waals surface area (Å²) < 4.78 is 23.3. The lowest BCUT2D eigenvalue weighted by Gasteiger charge is -2.08. The van der Waals surface area contributed by atoms with Gasteiger partial charge in [0.1, 0.15) is 0 Å². The van der Waals surface area contributed by atoms with Crippen LogP contribution in [0.25, 0.3) is 0 Å². The Labute approximate surface area is 84.3 Å². The second-order valence-electron chi connectivity index (χ2n) is 3.16. The molecule has 1 unspecified atom stereocenters. The van der Waals surface area contributed by atoms with E-state index in [1.165, 1.54) is 12.1 Å². The molecule has 1 N–H and O–H groups in total. The van der Waals surface area contributed by atoms with Crippen LogP contribution in [-0.4, -0.2) is 25.4 Å². The van der Waals surface area contributed by atoms with Gasteiger partial charge in [-0.2, -0.15) is 0 Å². The van der Waals surface area contributed by atoms with E-state index in [4.69, 9.17) is 0 Å². The van der Waals surface area contributed by atoms with Gasteiger partial charge >= 0.3 is 0 Å². The summed E-state index contributed by atoms with van der Waals surface area (Å²) in [6, 6.07) is 8.18. The van der Waals surface area contributed by atoms with E-state index in [9.17, 15) is 13.5 Å². The number of rotatable bonds is 4. The summed E-state index contributed by atoms with van der Waals surface area (Å²) in [5.74, 6) is -0.201. The van der Waals surface area contributed by atoms with E-state index in [-0.39, 0.29) is 10.6 Å². The molecule has 0 aromatic heterocycles. The highest BCUT2D eigenvalue weighted by molar-refractivity contribution is 7.91. The maximum atomic E-state index is 11.6. The summed E-state index contributed by atoms with van der Waals surface area (Å²) >= 11 is 0. The molecule has 0 aliphatic heterocycles. The van der Waals surface area contributed by atoms with Gasteiger partial charge < -0.3 is 5.11 Å². The highest BCUT2D eigenvalue weighted by Crippen LogP contribution is 2.11. The van der Waals surface area contributed by atoms with Crippen LogP contribution in [0, 0.1) is 0 Å². The van der Waals surface area contributed by atoms with Crippen LogP contribution in [0.15, 0.2) is 35.2 Å². The average molecular weight is 214 g/mol. The van der Waals surface area contributed by atoms with Gasteiger partial charge in [0.05, 0.1) is 16.8 Å². The van der Waals surface area contributed by atoms with Crippen LogP contribution in [0.3, 0.4) is 0 Å². The van der Waals surface area contributed by atoms with Gasteiger partial charge in [0.25, 0.3) is 0 Å². The first-order valence-electron chi connectivity index (χ1n) is 4.52. The molecule has 0 spiro atoms. The minimum Gasteiger partial charge on any atom is -0.392 e. The number of aliphatic hydroxyl groups excluding tert-OH is 1. The maximum absolute atomic E-state index is 11.6. The Hall–Kier alpha value is -0.870. The third-order valence-electron chi connectivity index (χ3n) is 1.99. The zero-order chi connectivity index (χ0) is 10.6. The molecule has 0 bridgehead atoms. The van der Waals surface area contributed by atoms with E-state index >= 15 is 0 Å². The molecule has 0 saturated heterocycles. The Morgan fingerprint density at radius 3 is 2.36 bits per heavy atom. The lowest BCUT2D eigenvalue weighted by Crippen LogP contribution is -2.19. The molecule has 0 fully saturated rings. The van der Waals surface area contributed by atoms with Crippen molar-refractivity contribution in [2.45, 2.75) is 24.3 Å². The quantitative estimate of drug-likeness (QED) is 0.820. The van der Waals surface area contributed by atoms with E-state index in [0.29, 0.717) is 6.42 Å². The Balaban J connectivity index is 2.87. The molecular weight excluding hydrogens is 200 g/mol. The SMILES string of the molecule is CCC(O)CS(=O)(=O)c1ccccc1. The highest BCUT2D eigenvalue weighted by Gasteiger charge is 2.17. The Morgan fingerprint density at radius 2 is 1.86 bits per heavy atom. The summed E-state index contributed by atoms with van der Waals surface area (Å²) in [6.45, 7) is 1.76. The predicted molar refractivity (Wildman–Crippen MR) is 54.8 cm³/mol. The molecule has 0 radical (unpaired) electrons. The van der Waals surface area contributed by atoms with Crippen molar-refractivity contribution in [3.8, 4) is 0 Å². The zero-order valence-corrected chi connectivity index (χ0v) is 8.87. The maximum Gasteiger partial charge on any atom is 0.180 e. The van der Waals surface area contributed by atoms with Crippen molar-refractivity contribution in [1.82, 2.24) is 0 Å². The summed E-state index contributed by atoms with van der Waals surface area (Å²) in [6.07, 6.45) is -0.327. The molecule has 14 heavy (non-hydrogen) atoms. The number of aliphatic hydroxyl groups is 1. The highest BCUT2D eigenvalue weighted by atomic mass is 32.2. The number of hydrogen-bond donors (Lipinski definition) is 1.